The zero-order chi connectivity index (χ0) is 19.5. The van der Waals surface area contributed by atoms with Gasteiger partial charge in [0.05, 0.1) is 0 Å². The van der Waals surface area contributed by atoms with Gasteiger partial charge in [-0.15, -0.1) is 0 Å². The molecule has 2 N–H and O–H groups in total. The second kappa shape index (κ2) is 11.2. The molecule has 1 aliphatic rings. The molecular formula is C20H31N5O2. The van der Waals surface area contributed by atoms with Gasteiger partial charge in [0.15, 0.2) is 5.96 Å². The molecular weight excluding hydrogens is 342 g/mol. The summed E-state index contributed by atoms with van der Waals surface area (Å²) in [6.45, 7) is 5.54. The largest absolute Gasteiger partial charge is 0.357 e. The minimum atomic E-state index is 0.0587. The maximum Gasteiger partial charge on any atom is 0.244 e. The van der Waals surface area contributed by atoms with Gasteiger partial charge < -0.3 is 20.4 Å². The Morgan fingerprint density at radius 3 is 2.52 bits per heavy atom. The van der Waals surface area contributed by atoms with Gasteiger partial charge in [-0.1, -0.05) is 30.3 Å². The molecule has 1 aromatic carbocycles. The van der Waals surface area contributed by atoms with Crippen molar-refractivity contribution in [3.63, 3.8) is 0 Å². The highest BCUT2D eigenvalue weighted by Gasteiger charge is 2.17. The van der Waals surface area contributed by atoms with Crippen molar-refractivity contribution in [1.29, 1.82) is 0 Å². The van der Waals surface area contributed by atoms with Crippen LogP contribution < -0.4 is 10.6 Å². The molecule has 0 aromatic heterocycles. The summed E-state index contributed by atoms with van der Waals surface area (Å²) in [7, 11) is 1.81. The van der Waals surface area contributed by atoms with Crippen molar-refractivity contribution in [3.8, 4) is 0 Å². The molecule has 0 saturated carbocycles. The van der Waals surface area contributed by atoms with Gasteiger partial charge in [-0.25, -0.2) is 4.99 Å². The Balaban J connectivity index is 1.74. The average molecular weight is 374 g/mol. The van der Waals surface area contributed by atoms with Crippen LogP contribution in [0.25, 0.3) is 0 Å². The van der Waals surface area contributed by atoms with Crippen molar-refractivity contribution in [2.75, 3.05) is 39.8 Å². The van der Waals surface area contributed by atoms with E-state index < -0.39 is 0 Å². The van der Waals surface area contributed by atoms with Crippen molar-refractivity contribution in [3.05, 3.63) is 35.9 Å². The Bertz CT molecular complexity index is 627. The first-order chi connectivity index (χ1) is 13.1. The Hall–Kier alpha value is -2.57. The van der Waals surface area contributed by atoms with Crippen LogP contribution in [0.5, 0.6) is 0 Å². The highest BCUT2D eigenvalue weighted by Crippen LogP contribution is 2.07. The van der Waals surface area contributed by atoms with E-state index >= 15 is 0 Å². The lowest BCUT2D eigenvalue weighted by atomic mass is 10.2. The quantitative estimate of drug-likeness (QED) is 0.530. The Morgan fingerprint density at radius 1 is 1.15 bits per heavy atom. The lowest BCUT2D eigenvalue weighted by molar-refractivity contribution is -0.130. The molecule has 2 amide bonds. The maximum absolute atomic E-state index is 12.3. The summed E-state index contributed by atoms with van der Waals surface area (Å²) >= 11 is 0. The van der Waals surface area contributed by atoms with Gasteiger partial charge in [-0.05, 0) is 25.3 Å². The van der Waals surface area contributed by atoms with Crippen molar-refractivity contribution < 1.29 is 9.59 Å². The van der Waals surface area contributed by atoms with E-state index in [1.54, 1.807) is 4.90 Å². The van der Waals surface area contributed by atoms with E-state index in [1.165, 1.54) is 0 Å². The number of benzene rings is 1. The molecule has 0 atom stereocenters. The highest BCUT2D eigenvalue weighted by atomic mass is 16.2. The van der Waals surface area contributed by atoms with Gasteiger partial charge in [0.2, 0.25) is 11.8 Å². The maximum atomic E-state index is 12.3. The lowest BCUT2D eigenvalue weighted by Gasteiger charge is -2.18. The van der Waals surface area contributed by atoms with Crippen LogP contribution in [0.3, 0.4) is 0 Å². The van der Waals surface area contributed by atoms with E-state index in [1.807, 2.05) is 49.2 Å². The van der Waals surface area contributed by atoms with Crippen LogP contribution in [0.2, 0.25) is 0 Å². The van der Waals surface area contributed by atoms with Crippen LogP contribution in [0.1, 0.15) is 31.7 Å². The van der Waals surface area contributed by atoms with Gasteiger partial charge in [-0.3, -0.25) is 9.59 Å². The first-order valence-electron chi connectivity index (χ1n) is 9.68. The summed E-state index contributed by atoms with van der Waals surface area (Å²) in [6, 6.07) is 9.92. The van der Waals surface area contributed by atoms with Crippen LogP contribution in [0.15, 0.2) is 35.3 Å². The smallest absolute Gasteiger partial charge is 0.244 e. The lowest BCUT2D eigenvalue weighted by Crippen LogP contribution is -2.40. The molecule has 0 aliphatic carbocycles. The zero-order valence-corrected chi connectivity index (χ0v) is 16.4. The van der Waals surface area contributed by atoms with Crippen molar-refractivity contribution in [1.82, 2.24) is 20.4 Å². The molecule has 1 heterocycles. The second-order valence-corrected chi connectivity index (χ2v) is 6.70. The third kappa shape index (κ3) is 7.29. The number of guanidine groups is 1. The average Bonchev–Trinajstić information content (AvgIpc) is 3.21. The fourth-order valence-corrected chi connectivity index (χ4v) is 2.98. The van der Waals surface area contributed by atoms with E-state index in [0.29, 0.717) is 32.0 Å². The van der Waals surface area contributed by atoms with Crippen molar-refractivity contribution in [2.45, 2.75) is 32.7 Å². The molecule has 1 fully saturated rings. The van der Waals surface area contributed by atoms with Gasteiger partial charge in [0, 0.05) is 46.2 Å². The molecule has 0 unspecified atom stereocenters. The topological polar surface area (TPSA) is 77.0 Å². The number of likely N-dealkylation sites (tertiary alicyclic amines) is 1. The van der Waals surface area contributed by atoms with E-state index in [2.05, 4.69) is 15.6 Å². The predicted molar refractivity (Wildman–Crippen MR) is 107 cm³/mol. The summed E-state index contributed by atoms with van der Waals surface area (Å²) in [5.41, 5.74) is 1.11. The Morgan fingerprint density at radius 2 is 1.85 bits per heavy atom. The normalized spacial score (nSPS) is 14.1. The van der Waals surface area contributed by atoms with Crippen LogP contribution >= 0.6 is 0 Å². The standard InChI is InChI=1S/C20H31N5O2/c1-3-21-20(23-15-19(27)25-13-7-8-14-25)22-12-11-18(26)24(2)16-17-9-5-4-6-10-17/h4-6,9-10H,3,7-8,11-16H2,1-2H3,(H2,21,22,23). The van der Waals surface area contributed by atoms with Crippen molar-refractivity contribution in [2.24, 2.45) is 4.99 Å². The molecule has 7 heteroatoms. The molecule has 0 radical (unpaired) electrons. The first kappa shape index (κ1) is 20.7. The van der Waals surface area contributed by atoms with Crippen LogP contribution in [-0.4, -0.2) is 67.3 Å². The number of nitrogens with zero attached hydrogens (tertiary/aromatic N) is 3. The predicted octanol–water partition coefficient (Wildman–Crippen LogP) is 1.21. The monoisotopic (exact) mass is 373 g/mol. The molecule has 7 nitrogen and oxygen atoms in total. The van der Waals surface area contributed by atoms with Crippen molar-refractivity contribution >= 4 is 17.8 Å². The summed E-state index contributed by atoms with van der Waals surface area (Å²) in [5.74, 6) is 0.697. The molecule has 0 bridgehead atoms. The van der Waals surface area contributed by atoms with Gasteiger partial charge in [-0.2, -0.15) is 0 Å². The van der Waals surface area contributed by atoms with Gasteiger partial charge in [0.25, 0.3) is 0 Å². The van der Waals surface area contributed by atoms with Crippen LogP contribution in [0.4, 0.5) is 0 Å². The van der Waals surface area contributed by atoms with Gasteiger partial charge >= 0.3 is 0 Å². The number of amides is 2. The van der Waals surface area contributed by atoms with E-state index in [4.69, 9.17) is 0 Å². The Labute approximate surface area is 161 Å². The SMILES string of the molecule is CCNC(=NCC(=O)N1CCCC1)NCCC(=O)N(C)Cc1ccccc1. The summed E-state index contributed by atoms with van der Waals surface area (Å²) in [6.07, 6.45) is 2.52. The minimum Gasteiger partial charge on any atom is -0.357 e. The Kier molecular flexibility index (Phi) is 8.61. The van der Waals surface area contributed by atoms with Gasteiger partial charge in [0.1, 0.15) is 6.54 Å². The number of aliphatic imine (C=N–C) groups is 1. The number of nitrogens with one attached hydrogen (secondary N) is 2. The fraction of sp³-hybridized carbons (Fsp3) is 0.550. The molecule has 27 heavy (non-hydrogen) atoms. The zero-order valence-electron chi connectivity index (χ0n) is 16.4. The number of hydrogen-bond donors (Lipinski definition) is 2. The second-order valence-electron chi connectivity index (χ2n) is 6.70. The van der Waals surface area contributed by atoms with Crippen LogP contribution in [-0.2, 0) is 16.1 Å². The van der Waals surface area contributed by atoms with Crippen LogP contribution in [0, 0.1) is 0 Å². The third-order valence-corrected chi connectivity index (χ3v) is 4.50. The van der Waals surface area contributed by atoms with E-state index in [0.717, 1.165) is 31.5 Å². The highest BCUT2D eigenvalue weighted by molar-refractivity contribution is 5.85. The molecule has 0 spiro atoms. The molecule has 148 valence electrons. The molecule has 1 saturated heterocycles. The molecule has 1 aromatic rings. The molecule has 2 rings (SSSR count). The third-order valence-electron chi connectivity index (χ3n) is 4.50. The summed E-state index contributed by atoms with van der Waals surface area (Å²) in [5, 5.41) is 6.25. The fourth-order valence-electron chi connectivity index (χ4n) is 2.98. The number of rotatable bonds is 8. The summed E-state index contributed by atoms with van der Waals surface area (Å²) < 4.78 is 0. The summed E-state index contributed by atoms with van der Waals surface area (Å²) in [4.78, 5) is 32.3. The first-order valence-corrected chi connectivity index (χ1v) is 9.68. The molecule has 1 aliphatic heterocycles. The van der Waals surface area contributed by atoms with E-state index in [-0.39, 0.29) is 18.4 Å². The van der Waals surface area contributed by atoms with E-state index in [9.17, 15) is 9.59 Å². The number of hydrogen-bond acceptors (Lipinski definition) is 3. The minimum absolute atomic E-state index is 0.0587. The number of carbonyl (C=O) groups excluding carboxylic acids is 2. The number of carbonyl (C=O) groups is 2.